The molecule has 3 heterocycles. The van der Waals surface area contributed by atoms with Crippen molar-refractivity contribution in [2.75, 3.05) is 37.6 Å². The summed E-state index contributed by atoms with van der Waals surface area (Å²) in [5.74, 6) is 0.0811. The number of nitrogens with one attached hydrogen (secondary N) is 1. The van der Waals surface area contributed by atoms with Gasteiger partial charge in [0, 0.05) is 69.9 Å². The first-order chi connectivity index (χ1) is 20.3. The zero-order valence-corrected chi connectivity index (χ0v) is 23.3. The Balaban J connectivity index is 1.11. The molecule has 0 radical (unpaired) electrons. The van der Waals surface area contributed by atoms with E-state index in [1.807, 2.05) is 40.3 Å². The molecule has 1 N–H and O–H groups in total. The van der Waals surface area contributed by atoms with Crippen molar-refractivity contribution in [2.24, 2.45) is 0 Å². The lowest BCUT2D eigenvalue weighted by Crippen LogP contribution is -2.53. The predicted octanol–water partition coefficient (Wildman–Crippen LogP) is 5.34. The quantitative estimate of drug-likeness (QED) is 0.324. The number of hydrogen-bond donors (Lipinski definition) is 1. The number of halogens is 3. The highest BCUT2D eigenvalue weighted by molar-refractivity contribution is 5.83. The molecule has 2 atom stereocenters. The third kappa shape index (κ3) is 6.42. The molecule has 6 rings (SSSR count). The Morgan fingerprint density at radius 3 is 2.45 bits per heavy atom. The lowest BCUT2D eigenvalue weighted by molar-refractivity contribution is -0.137. The number of alkyl halides is 3. The maximum atomic E-state index is 13.9. The van der Waals surface area contributed by atoms with Gasteiger partial charge in [-0.25, -0.2) is 0 Å². The number of benzene rings is 3. The second kappa shape index (κ2) is 12.1. The maximum absolute atomic E-state index is 13.9. The van der Waals surface area contributed by atoms with Gasteiger partial charge in [-0.3, -0.25) is 14.7 Å². The van der Waals surface area contributed by atoms with Gasteiger partial charge in [-0.05, 0) is 58.7 Å². The highest BCUT2D eigenvalue weighted by Gasteiger charge is 2.39. The van der Waals surface area contributed by atoms with Crippen LogP contribution < -0.4 is 10.2 Å². The summed E-state index contributed by atoms with van der Waals surface area (Å²) in [6.07, 6.45) is -0.105. The Morgan fingerprint density at radius 1 is 0.881 bits per heavy atom. The molecule has 0 unspecified atom stereocenters. The van der Waals surface area contributed by atoms with Gasteiger partial charge in [0.05, 0.1) is 11.6 Å². The SMILES string of the molecule is O=C([C@@H]1C[C@@H](NCc2ccc3ccccc3c2)CN1Cc1cccnc1)N1CCN(c2cccc(C(F)(F)F)c2)CC1. The third-order valence-corrected chi connectivity index (χ3v) is 8.34. The zero-order valence-electron chi connectivity index (χ0n) is 23.3. The summed E-state index contributed by atoms with van der Waals surface area (Å²) >= 11 is 0. The molecular formula is C33H34F3N5O. The van der Waals surface area contributed by atoms with Crippen molar-refractivity contribution in [3.63, 3.8) is 0 Å². The molecule has 0 bridgehead atoms. The van der Waals surface area contributed by atoms with E-state index in [1.165, 1.54) is 28.5 Å². The number of piperazine rings is 1. The molecule has 9 heteroatoms. The fourth-order valence-electron chi connectivity index (χ4n) is 6.09. The molecule has 3 aromatic carbocycles. The number of amides is 1. The fraction of sp³-hybridized carbons (Fsp3) is 0.333. The van der Waals surface area contributed by atoms with E-state index in [0.29, 0.717) is 51.4 Å². The maximum Gasteiger partial charge on any atom is 0.416 e. The number of carbonyl (C=O) groups is 1. The van der Waals surface area contributed by atoms with Crippen LogP contribution >= 0.6 is 0 Å². The summed E-state index contributed by atoms with van der Waals surface area (Å²) in [7, 11) is 0. The number of anilines is 1. The Kier molecular flexibility index (Phi) is 8.13. The Bertz CT molecular complexity index is 1520. The van der Waals surface area contributed by atoms with Crippen molar-refractivity contribution in [3.05, 3.63) is 108 Å². The van der Waals surface area contributed by atoms with Crippen LogP contribution in [0.4, 0.5) is 18.9 Å². The van der Waals surface area contributed by atoms with Crippen molar-refractivity contribution in [2.45, 2.75) is 37.8 Å². The second-order valence-electron chi connectivity index (χ2n) is 11.2. The summed E-state index contributed by atoms with van der Waals surface area (Å²) in [5.41, 5.74) is 2.14. The minimum Gasteiger partial charge on any atom is -0.368 e. The van der Waals surface area contributed by atoms with Crippen molar-refractivity contribution in [3.8, 4) is 0 Å². The second-order valence-corrected chi connectivity index (χ2v) is 11.2. The van der Waals surface area contributed by atoms with Gasteiger partial charge in [-0.1, -0.05) is 48.5 Å². The average molecular weight is 574 g/mol. The molecule has 1 amide bonds. The summed E-state index contributed by atoms with van der Waals surface area (Å²) in [4.78, 5) is 24.2. The lowest BCUT2D eigenvalue weighted by atomic mass is 10.1. The number of likely N-dealkylation sites (tertiary alicyclic amines) is 1. The van der Waals surface area contributed by atoms with E-state index >= 15 is 0 Å². The van der Waals surface area contributed by atoms with Crippen LogP contribution in [0.3, 0.4) is 0 Å². The molecular weight excluding hydrogens is 539 g/mol. The van der Waals surface area contributed by atoms with Crippen LogP contribution in [-0.4, -0.2) is 65.5 Å². The van der Waals surface area contributed by atoms with Crippen molar-refractivity contribution >= 4 is 22.4 Å². The molecule has 1 aromatic heterocycles. The van der Waals surface area contributed by atoms with Gasteiger partial charge in [0.15, 0.2) is 0 Å². The lowest BCUT2D eigenvalue weighted by Gasteiger charge is -2.38. The highest BCUT2D eigenvalue weighted by atomic mass is 19.4. The van der Waals surface area contributed by atoms with E-state index < -0.39 is 11.7 Å². The number of aromatic nitrogens is 1. The van der Waals surface area contributed by atoms with E-state index in [9.17, 15) is 18.0 Å². The normalized spacial score (nSPS) is 19.9. The van der Waals surface area contributed by atoms with Crippen LogP contribution in [0.15, 0.2) is 91.3 Å². The average Bonchev–Trinajstić information content (AvgIpc) is 3.42. The molecule has 6 nitrogen and oxygen atoms in total. The zero-order chi connectivity index (χ0) is 29.1. The molecule has 42 heavy (non-hydrogen) atoms. The minimum absolute atomic E-state index is 0.0811. The standard InChI is InChI=1S/C33H34F3N5O/c34-33(35,36)28-8-3-9-30(18-28)39-13-15-40(16-14-39)32(42)31-19-29(23-41(31)22-25-5-4-12-37-20-25)38-21-24-10-11-26-6-1-2-7-27(26)17-24/h1-12,17-18,20,29,31,38H,13-16,19,21-23H2/t29-,31+/m1/s1. The molecule has 0 spiro atoms. The summed E-state index contributed by atoms with van der Waals surface area (Å²) in [6.45, 7) is 4.01. The van der Waals surface area contributed by atoms with Crippen LogP contribution in [0.5, 0.6) is 0 Å². The Morgan fingerprint density at radius 2 is 1.69 bits per heavy atom. The van der Waals surface area contributed by atoms with E-state index in [1.54, 1.807) is 12.3 Å². The van der Waals surface area contributed by atoms with E-state index in [0.717, 1.165) is 18.2 Å². The molecule has 4 aromatic rings. The topological polar surface area (TPSA) is 51.7 Å². The highest BCUT2D eigenvalue weighted by Crippen LogP contribution is 2.32. The van der Waals surface area contributed by atoms with E-state index in [2.05, 4.69) is 45.5 Å². The van der Waals surface area contributed by atoms with Gasteiger partial charge in [0.25, 0.3) is 0 Å². The molecule has 0 aliphatic carbocycles. The van der Waals surface area contributed by atoms with Crippen molar-refractivity contribution < 1.29 is 18.0 Å². The summed E-state index contributed by atoms with van der Waals surface area (Å²) < 4.78 is 39.7. The van der Waals surface area contributed by atoms with Crippen LogP contribution in [-0.2, 0) is 24.1 Å². The first-order valence-corrected chi connectivity index (χ1v) is 14.4. The van der Waals surface area contributed by atoms with Crippen LogP contribution in [0.1, 0.15) is 23.1 Å². The largest absolute Gasteiger partial charge is 0.416 e. The van der Waals surface area contributed by atoms with E-state index in [-0.39, 0.29) is 18.0 Å². The minimum atomic E-state index is -4.38. The predicted molar refractivity (Wildman–Crippen MR) is 158 cm³/mol. The van der Waals surface area contributed by atoms with Gasteiger partial charge in [-0.15, -0.1) is 0 Å². The van der Waals surface area contributed by atoms with Gasteiger partial charge in [-0.2, -0.15) is 13.2 Å². The first kappa shape index (κ1) is 28.2. The summed E-state index contributed by atoms with van der Waals surface area (Å²) in [6, 6.07) is 24.0. The van der Waals surface area contributed by atoms with E-state index in [4.69, 9.17) is 0 Å². The van der Waals surface area contributed by atoms with Crippen LogP contribution in [0, 0.1) is 0 Å². The molecule has 2 fully saturated rings. The fourth-order valence-corrected chi connectivity index (χ4v) is 6.09. The smallest absolute Gasteiger partial charge is 0.368 e. The Hall–Kier alpha value is -3.95. The van der Waals surface area contributed by atoms with Crippen LogP contribution in [0.2, 0.25) is 0 Å². The van der Waals surface area contributed by atoms with Gasteiger partial charge in [0.1, 0.15) is 0 Å². The molecule has 2 saturated heterocycles. The number of rotatable bonds is 7. The number of nitrogens with zero attached hydrogens (tertiary/aromatic N) is 4. The number of hydrogen-bond acceptors (Lipinski definition) is 5. The van der Waals surface area contributed by atoms with Gasteiger partial charge >= 0.3 is 6.18 Å². The van der Waals surface area contributed by atoms with Crippen LogP contribution in [0.25, 0.3) is 10.8 Å². The van der Waals surface area contributed by atoms with Crippen molar-refractivity contribution in [1.82, 2.24) is 20.1 Å². The Labute approximate surface area is 243 Å². The number of carbonyl (C=O) groups excluding carboxylic acids is 1. The summed E-state index contributed by atoms with van der Waals surface area (Å²) in [5, 5.41) is 6.10. The molecule has 0 saturated carbocycles. The molecule has 2 aliphatic rings. The number of fused-ring (bicyclic) bond motifs is 1. The molecule has 2 aliphatic heterocycles. The van der Waals surface area contributed by atoms with Gasteiger partial charge in [0.2, 0.25) is 5.91 Å². The monoisotopic (exact) mass is 573 g/mol. The molecule has 218 valence electrons. The van der Waals surface area contributed by atoms with Gasteiger partial charge < -0.3 is 15.1 Å². The van der Waals surface area contributed by atoms with Crippen molar-refractivity contribution in [1.29, 1.82) is 0 Å². The third-order valence-electron chi connectivity index (χ3n) is 8.34. The first-order valence-electron chi connectivity index (χ1n) is 14.4. The number of pyridine rings is 1.